The van der Waals surface area contributed by atoms with Crippen LogP contribution in [0, 0.1) is 13.8 Å². The first kappa shape index (κ1) is 14.2. The lowest BCUT2D eigenvalue weighted by Crippen LogP contribution is -2.23. The molecule has 2 heterocycles. The fourth-order valence-electron chi connectivity index (χ4n) is 2.64. The minimum Gasteiger partial charge on any atom is -0.467 e. The van der Waals surface area contributed by atoms with Gasteiger partial charge in [-0.2, -0.15) is 0 Å². The number of carbonyl (C=O) groups is 1. The summed E-state index contributed by atoms with van der Waals surface area (Å²) in [5, 5.41) is 2.89. The lowest BCUT2D eigenvalue weighted by atomic mass is 10.2. The Bertz CT molecular complexity index is 771. The van der Waals surface area contributed by atoms with Crippen molar-refractivity contribution in [2.45, 2.75) is 20.4 Å². The zero-order chi connectivity index (χ0) is 15.5. The van der Waals surface area contributed by atoms with Crippen molar-refractivity contribution in [3.8, 4) is 5.69 Å². The summed E-state index contributed by atoms with van der Waals surface area (Å²) >= 11 is 0. The highest BCUT2D eigenvalue weighted by atomic mass is 16.3. The van der Waals surface area contributed by atoms with Crippen LogP contribution in [0.1, 0.15) is 27.5 Å². The number of aromatic nitrogens is 1. The minimum absolute atomic E-state index is 0.0910. The van der Waals surface area contributed by atoms with Gasteiger partial charge >= 0.3 is 0 Å². The van der Waals surface area contributed by atoms with Gasteiger partial charge in [0.2, 0.25) is 0 Å². The van der Waals surface area contributed by atoms with Gasteiger partial charge in [-0.3, -0.25) is 4.79 Å². The topological polar surface area (TPSA) is 47.2 Å². The molecule has 0 aliphatic carbocycles. The second-order valence-electron chi connectivity index (χ2n) is 5.22. The molecule has 0 saturated heterocycles. The van der Waals surface area contributed by atoms with Gasteiger partial charge in [0.25, 0.3) is 5.91 Å². The smallest absolute Gasteiger partial charge is 0.253 e. The highest BCUT2D eigenvalue weighted by Gasteiger charge is 2.16. The van der Waals surface area contributed by atoms with Gasteiger partial charge in [-0.1, -0.05) is 18.2 Å². The molecule has 1 aromatic carbocycles. The first-order valence-corrected chi connectivity index (χ1v) is 7.22. The molecule has 4 heteroatoms. The van der Waals surface area contributed by atoms with Crippen LogP contribution in [0.5, 0.6) is 0 Å². The van der Waals surface area contributed by atoms with Crippen LogP contribution in [-0.2, 0) is 6.54 Å². The van der Waals surface area contributed by atoms with Crippen molar-refractivity contribution < 1.29 is 9.21 Å². The molecule has 22 heavy (non-hydrogen) atoms. The van der Waals surface area contributed by atoms with Gasteiger partial charge in [-0.25, -0.2) is 0 Å². The highest BCUT2D eigenvalue weighted by molar-refractivity contribution is 5.95. The standard InChI is InChI=1S/C18H18N2O2/c1-13-11-17(18(21)19-12-16-9-6-10-22-16)14(2)20(13)15-7-4-3-5-8-15/h3-11H,12H2,1-2H3,(H,19,21). The largest absolute Gasteiger partial charge is 0.467 e. The van der Waals surface area contributed by atoms with Crippen molar-refractivity contribution in [3.05, 3.63) is 77.5 Å². The van der Waals surface area contributed by atoms with Crippen molar-refractivity contribution in [1.82, 2.24) is 9.88 Å². The van der Waals surface area contributed by atoms with Gasteiger partial charge in [-0.15, -0.1) is 0 Å². The van der Waals surface area contributed by atoms with Gasteiger partial charge in [-0.05, 0) is 44.2 Å². The third-order valence-corrected chi connectivity index (χ3v) is 3.69. The number of aryl methyl sites for hydroxylation is 1. The van der Waals surface area contributed by atoms with E-state index in [0.717, 1.165) is 22.8 Å². The van der Waals surface area contributed by atoms with E-state index in [9.17, 15) is 4.79 Å². The van der Waals surface area contributed by atoms with Crippen LogP contribution in [-0.4, -0.2) is 10.5 Å². The van der Waals surface area contributed by atoms with Crippen LogP contribution in [0.3, 0.4) is 0 Å². The maximum Gasteiger partial charge on any atom is 0.253 e. The molecule has 0 spiro atoms. The van der Waals surface area contributed by atoms with Gasteiger partial charge in [0, 0.05) is 17.1 Å². The van der Waals surface area contributed by atoms with Crippen LogP contribution in [0.2, 0.25) is 0 Å². The first-order valence-electron chi connectivity index (χ1n) is 7.22. The molecule has 0 bridgehead atoms. The van der Waals surface area contributed by atoms with E-state index in [0.29, 0.717) is 12.1 Å². The molecule has 1 amide bonds. The highest BCUT2D eigenvalue weighted by Crippen LogP contribution is 2.20. The van der Waals surface area contributed by atoms with E-state index in [1.807, 2.05) is 62.4 Å². The minimum atomic E-state index is -0.0910. The predicted molar refractivity (Wildman–Crippen MR) is 85.1 cm³/mol. The van der Waals surface area contributed by atoms with Crippen LogP contribution in [0.15, 0.2) is 59.2 Å². The van der Waals surface area contributed by atoms with E-state index < -0.39 is 0 Å². The van der Waals surface area contributed by atoms with Crippen molar-refractivity contribution in [3.63, 3.8) is 0 Å². The number of nitrogens with one attached hydrogen (secondary N) is 1. The number of hydrogen-bond acceptors (Lipinski definition) is 2. The fraction of sp³-hybridized carbons (Fsp3) is 0.167. The molecule has 0 atom stereocenters. The predicted octanol–water partition coefficient (Wildman–Crippen LogP) is 3.62. The van der Waals surface area contributed by atoms with Crippen LogP contribution >= 0.6 is 0 Å². The summed E-state index contributed by atoms with van der Waals surface area (Å²) in [5.74, 6) is 0.650. The number of rotatable bonds is 4. The van der Waals surface area contributed by atoms with Crippen LogP contribution in [0.4, 0.5) is 0 Å². The van der Waals surface area contributed by atoms with Crippen molar-refractivity contribution in [2.75, 3.05) is 0 Å². The van der Waals surface area contributed by atoms with Gasteiger partial charge < -0.3 is 14.3 Å². The Morgan fingerprint density at radius 2 is 1.91 bits per heavy atom. The molecule has 4 nitrogen and oxygen atoms in total. The molecular weight excluding hydrogens is 276 g/mol. The van der Waals surface area contributed by atoms with Gasteiger partial charge in [0.1, 0.15) is 5.76 Å². The molecule has 0 saturated carbocycles. The molecule has 0 fully saturated rings. The zero-order valence-electron chi connectivity index (χ0n) is 12.7. The molecule has 0 radical (unpaired) electrons. The lowest BCUT2D eigenvalue weighted by Gasteiger charge is -2.09. The molecule has 1 N–H and O–H groups in total. The van der Waals surface area contributed by atoms with Gasteiger partial charge in [0.15, 0.2) is 0 Å². The van der Waals surface area contributed by atoms with Crippen LogP contribution < -0.4 is 5.32 Å². The second-order valence-corrected chi connectivity index (χ2v) is 5.22. The Hall–Kier alpha value is -2.75. The molecule has 112 valence electrons. The molecule has 0 aliphatic rings. The molecular formula is C18H18N2O2. The zero-order valence-corrected chi connectivity index (χ0v) is 12.7. The average molecular weight is 294 g/mol. The third kappa shape index (κ3) is 2.68. The number of amides is 1. The normalized spacial score (nSPS) is 10.6. The van der Waals surface area contributed by atoms with Gasteiger partial charge in [0.05, 0.1) is 18.4 Å². The molecule has 0 unspecified atom stereocenters. The van der Waals surface area contributed by atoms with Crippen molar-refractivity contribution in [2.24, 2.45) is 0 Å². The number of para-hydroxylation sites is 1. The summed E-state index contributed by atoms with van der Waals surface area (Å²) in [6.45, 7) is 4.35. The SMILES string of the molecule is Cc1cc(C(=O)NCc2ccco2)c(C)n1-c1ccccc1. The van der Waals surface area contributed by atoms with Crippen LogP contribution in [0.25, 0.3) is 5.69 Å². The number of benzene rings is 1. The van der Waals surface area contributed by atoms with E-state index in [-0.39, 0.29) is 5.91 Å². The van der Waals surface area contributed by atoms with Crippen molar-refractivity contribution in [1.29, 1.82) is 0 Å². The number of nitrogens with zero attached hydrogens (tertiary/aromatic N) is 1. The Morgan fingerprint density at radius 3 is 2.59 bits per heavy atom. The Labute approximate surface area is 129 Å². The van der Waals surface area contributed by atoms with E-state index >= 15 is 0 Å². The summed E-state index contributed by atoms with van der Waals surface area (Å²) in [6.07, 6.45) is 1.60. The fourth-order valence-corrected chi connectivity index (χ4v) is 2.64. The summed E-state index contributed by atoms with van der Waals surface area (Å²) in [7, 11) is 0. The van der Waals surface area contributed by atoms with E-state index in [1.165, 1.54) is 0 Å². The summed E-state index contributed by atoms with van der Waals surface area (Å²) in [4.78, 5) is 12.4. The molecule has 2 aromatic heterocycles. The Morgan fingerprint density at radius 1 is 1.14 bits per heavy atom. The molecule has 3 rings (SSSR count). The summed E-state index contributed by atoms with van der Waals surface area (Å²) in [6, 6.07) is 15.6. The Kier molecular flexibility index (Phi) is 3.83. The monoisotopic (exact) mass is 294 g/mol. The van der Waals surface area contributed by atoms with Crippen molar-refractivity contribution >= 4 is 5.91 Å². The number of hydrogen-bond donors (Lipinski definition) is 1. The average Bonchev–Trinajstić information content (AvgIpc) is 3.14. The lowest BCUT2D eigenvalue weighted by molar-refractivity contribution is 0.0947. The maximum atomic E-state index is 12.4. The quantitative estimate of drug-likeness (QED) is 0.799. The summed E-state index contributed by atoms with van der Waals surface area (Å²) < 4.78 is 7.31. The third-order valence-electron chi connectivity index (χ3n) is 3.69. The Balaban J connectivity index is 1.84. The number of furan rings is 1. The second kappa shape index (κ2) is 5.93. The summed E-state index contributed by atoms with van der Waals surface area (Å²) in [5.41, 5.74) is 3.71. The van der Waals surface area contributed by atoms with E-state index in [1.54, 1.807) is 6.26 Å². The van der Waals surface area contributed by atoms with E-state index in [4.69, 9.17) is 4.42 Å². The molecule has 0 aliphatic heterocycles. The molecule has 3 aromatic rings. The first-order chi connectivity index (χ1) is 10.7. The van der Waals surface area contributed by atoms with E-state index in [2.05, 4.69) is 9.88 Å². The maximum absolute atomic E-state index is 12.4. The number of carbonyl (C=O) groups excluding carboxylic acids is 1.